The van der Waals surface area contributed by atoms with Crippen LogP contribution in [0.5, 0.6) is 0 Å². The Labute approximate surface area is 155 Å². The van der Waals surface area contributed by atoms with E-state index in [0.717, 1.165) is 5.56 Å². The number of anilines is 1. The fourth-order valence-electron chi connectivity index (χ4n) is 2.72. The molecule has 1 aromatic carbocycles. The Morgan fingerprint density at radius 2 is 2.00 bits per heavy atom. The lowest BCUT2D eigenvalue weighted by atomic mass is 10.1. The number of benzene rings is 1. The van der Waals surface area contributed by atoms with Gasteiger partial charge in [0.05, 0.1) is 12.1 Å². The Balaban J connectivity index is 1.94. The second-order valence-electron chi connectivity index (χ2n) is 5.61. The maximum atomic E-state index is 12.9. The number of aromatic nitrogens is 1. The SMILES string of the molecule is NC(=O)CC1C(=O)N(c2ccc(Cl)cc2)C(=S)N1Cc1cccnc1. The molecule has 3 rings (SSSR count). The topological polar surface area (TPSA) is 79.5 Å². The van der Waals surface area contributed by atoms with Crippen molar-refractivity contribution in [2.24, 2.45) is 5.73 Å². The van der Waals surface area contributed by atoms with E-state index in [2.05, 4.69) is 4.98 Å². The second-order valence-corrected chi connectivity index (χ2v) is 6.41. The van der Waals surface area contributed by atoms with Crippen LogP contribution in [0.15, 0.2) is 48.8 Å². The van der Waals surface area contributed by atoms with Crippen LogP contribution in [0.1, 0.15) is 12.0 Å². The van der Waals surface area contributed by atoms with Crippen LogP contribution in [0.4, 0.5) is 5.69 Å². The van der Waals surface area contributed by atoms with Crippen molar-refractivity contribution in [3.05, 3.63) is 59.4 Å². The molecule has 2 N–H and O–H groups in total. The molecule has 2 heterocycles. The van der Waals surface area contributed by atoms with Crippen LogP contribution in [0.2, 0.25) is 5.02 Å². The number of amides is 2. The van der Waals surface area contributed by atoms with Crippen LogP contribution in [0.25, 0.3) is 0 Å². The summed E-state index contributed by atoms with van der Waals surface area (Å²) in [5.41, 5.74) is 6.81. The number of primary amides is 1. The average molecular weight is 375 g/mol. The third-order valence-electron chi connectivity index (χ3n) is 3.87. The molecule has 1 atom stereocenters. The summed E-state index contributed by atoms with van der Waals surface area (Å²) in [4.78, 5) is 31.5. The molecule has 0 aliphatic carbocycles. The standard InChI is InChI=1S/C17H15ClN4O2S/c18-12-3-5-13(6-4-12)22-16(24)14(8-15(19)23)21(17(22)25)10-11-2-1-7-20-9-11/h1-7,9,14H,8,10H2,(H2,19,23). The van der Waals surface area contributed by atoms with Crippen LogP contribution in [0, 0.1) is 0 Å². The summed E-state index contributed by atoms with van der Waals surface area (Å²) in [6, 6.07) is 9.73. The summed E-state index contributed by atoms with van der Waals surface area (Å²) in [6.45, 7) is 0.362. The van der Waals surface area contributed by atoms with E-state index in [9.17, 15) is 9.59 Å². The maximum Gasteiger partial charge on any atom is 0.256 e. The molecule has 128 valence electrons. The van der Waals surface area contributed by atoms with Crippen molar-refractivity contribution >= 4 is 46.4 Å². The van der Waals surface area contributed by atoms with E-state index < -0.39 is 11.9 Å². The molecule has 1 unspecified atom stereocenters. The number of thiocarbonyl (C=S) groups is 1. The Hall–Kier alpha value is -2.51. The highest BCUT2D eigenvalue weighted by Crippen LogP contribution is 2.29. The van der Waals surface area contributed by atoms with E-state index in [-0.39, 0.29) is 12.3 Å². The van der Waals surface area contributed by atoms with Crippen LogP contribution in [-0.4, -0.2) is 32.9 Å². The number of nitrogens with zero attached hydrogens (tertiary/aromatic N) is 3. The van der Waals surface area contributed by atoms with Crippen molar-refractivity contribution in [1.82, 2.24) is 9.88 Å². The Morgan fingerprint density at radius 3 is 2.60 bits per heavy atom. The first-order chi connectivity index (χ1) is 12.0. The molecule has 1 saturated heterocycles. The van der Waals surface area contributed by atoms with E-state index in [4.69, 9.17) is 29.6 Å². The minimum absolute atomic E-state index is 0.108. The van der Waals surface area contributed by atoms with Gasteiger partial charge in [-0.1, -0.05) is 17.7 Å². The Morgan fingerprint density at radius 1 is 1.28 bits per heavy atom. The van der Waals surface area contributed by atoms with Gasteiger partial charge in [-0.2, -0.15) is 0 Å². The van der Waals surface area contributed by atoms with E-state index >= 15 is 0 Å². The van der Waals surface area contributed by atoms with Crippen LogP contribution in [-0.2, 0) is 16.1 Å². The smallest absolute Gasteiger partial charge is 0.256 e. The van der Waals surface area contributed by atoms with Crippen molar-refractivity contribution in [2.45, 2.75) is 19.0 Å². The van der Waals surface area contributed by atoms with Gasteiger partial charge in [-0.05, 0) is 48.1 Å². The number of halogens is 1. The van der Waals surface area contributed by atoms with Crippen molar-refractivity contribution in [3.63, 3.8) is 0 Å². The van der Waals surface area contributed by atoms with Crippen molar-refractivity contribution in [2.75, 3.05) is 4.90 Å². The summed E-state index contributed by atoms with van der Waals surface area (Å²) in [5, 5.41) is 0.879. The summed E-state index contributed by atoms with van der Waals surface area (Å²) in [5.74, 6) is -0.842. The van der Waals surface area contributed by atoms with E-state index in [0.29, 0.717) is 22.4 Å². The zero-order valence-corrected chi connectivity index (χ0v) is 14.7. The molecule has 1 aliphatic heterocycles. The predicted molar refractivity (Wildman–Crippen MR) is 98.9 cm³/mol. The lowest BCUT2D eigenvalue weighted by Crippen LogP contribution is -2.37. The van der Waals surface area contributed by atoms with Crippen LogP contribution < -0.4 is 10.6 Å². The molecular formula is C17H15ClN4O2S. The zero-order valence-electron chi connectivity index (χ0n) is 13.1. The molecule has 0 saturated carbocycles. The number of carbonyl (C=O) groups is 2. The molecule has 25 heavy (non-hydrogen) atoms. The average Bonchev–Trinajstić information content (AvgIpc) is 2.81. The van der Waals surface area contributed by atoms with Gasteiger partial charge in [-0.25, -0.2) is 0 Å². The number of nitrogens with two attached hydrogens (primary N) is 1. The first-order valence-electron chi connectivity index (χ1n) is 7.54. The monoisotopic (exact) mass is 374 g/mol. The third-order valence-corrected chi connectivity index (χ3v) is 4.54. The largest absolute Gasteiger partial charge is 0.370 e. The summed E-state index contributed by atoms with van der Waals surface area (Å²) >= 11 is 11.4. The van der Waals surface area contributed by atoms with Crippen molar-refractivity contribution < 1.29 is 9.59 Å². The van der Waals surface area contributed by atoms with Gasteiger partial charge in [0.2, 0.25) is 5.91 Å². The zero-order chi connectivity index (χ0) is 18.0. The minimum Gasteiger partial charge on any atom is -0.370 e. The molecule has 1 aliphatic rings. The number of hydrogen-bond acceptors (Lipinski definition) is 4. The van der Waals surface area contributed by atoms with Gasteiger partial charge in [-0.15, -0.1) is 0 Å². The molecular weight excluding hydrogens is 360 g/mol. The molecule has 0 spiro atoms. The first kappa shape index (κ1) is 17.3. The number of carbonyl (C=O) groups excluding carboxylic acids is 2. The van der Waals surface area contributed by atoms with Crippen LogP contribution >= 0.6 is 23.8 Å². The molecule has 1 aromatic heterocycles. The van der Waals surface area contributed by atoms with Crippen LogP contribution in [0.3, 0.4) is 0 Å². The fraction of sp³-hybridized carbons (Fsp3) is 0.176. The molecule has 8 heteroatoms. The minimum atomic E-state index is -0.735. The van der Waals surface area contributed by atoms with Gasteiger partial charge in [0.1, 0.15) is 6.04 Å². The van der Waals surface area contributed by atoms with E-state index in [1.807, 2.05) is 6.07 Å². The lowest BCUT2D eigenvalue weighted by Gasteiger charge is -2.23. The number of hydrogen-bond donors (Lipinski definition) is 1. The lowest BCUT2D eigenvalue weighted by molar-refractivity contribution is -0.125. The van der Waals surface area contributed by atoms with Gasteiger partial charge in [0, 0.05) is 24.0 Å². The van der Waals surface area contributed by atoms with E-state index in [1.54, 1.807) is 47.6 Å². The summed E-state index contributed by atoms with van der Waals surface area (Å²) in [6.07, 6.45) is 3.25. The number of pyridine rings is 1. The first-order valence-corrected chi connectivity index (χ1v) is 8.33. The molecule has 0 bridgehead atoms. The molecule has 2 aromatic rings. The highest BCUT2D eigenvalue weighted by Gasteiger charge is 2.43. The predicted octanol–water partition coefficient (Wildman–Crippen LogP) is 2.11. The van der Waals surface area contributed by atoms with Crippen molar-refractivity contribution in [1.29, 1.82) is 0 Å². The second kappa shape index (κ2) is 7.16. The Bertz CT molecular complexity index is 813. The summed E-state index contributed by atoms with van der Waals surface area (Å²) < 4.78 is 0. The quantitative estimate of drug-likeness (QED) is 0.811. The van der Waals surface area contributed by atoms with Gasteiger partial charge in [0.25, 0.3) is 5.91 Å². The molecule has 6 nitrogen and oxygen atoms in total. The van der Waals surface area contributed by atoms with Gasteiger partial charge in [0.15, 0.2) is 5.11 Å². The highest BCUT2D eigenvalue weighted by molar-refractivity contribution is 7.80. The Kier molecular flexibility index (Phi) is 4.96. The molecule has 1 fully saturated rings. The maximum absolute atomic E-state index is 12.9. The van der Waals surface area contributed by atoms with E-state index in [1.165, 1.54) is 4.90 Å². The third kappa shape index (κ3) is 3.62. The summed E-state index contributed by atoms with van der Waals surface area (Å²) in [7, 11) is 0. The number of rotatable bonds is 5. The highest BCUT2D eigenvalue weighted by atomic mass is 35.5. The molecule has 2 amide bonds. The van der Waals surface area contributed by atoms with Crippen molar-refractivity contribution in [3.8, 4) is 0 Å². The molecule has 0 radical (unpaired) electrons. The normalized spacial score (nSPS) is 17.2. The van der Waals surface area contributed by atoms with Gasteiger partial charge in [-0.3, -0.25) is 19.5 Å². The fourth-order valence-corrected chi connectivity index (χ4v) is 3.23. The van der Waals surface area contributed by atoms with Gasteiger partial charge >= 0.3 is 0 Å². The van der Waals surface area contributed by atoms with Gasteiger partial charge < -0.3 is 10.6 Å².